The van der Waals surface area contributed by atoms with E-state index in [4.69, 9.17) is 44.3 Å². The fourth-order valence-electron chi connectivity index (χ4n) is 4.50. The summed E-state index contributed by atoms with van der Waals surface area (Å²) in [4.78, 5) is 18.7. The van der Waals surface area contributed by atoms with E-state index < -0.39 is 16.0 Å². The highest BCUT2D eigenvalue weighted by atomic mass is 35.6. The minimum Gasteiger partial charge on any atom is -0.392 e. The van der Waals surface area contributed by atoms with Crippen molar-refractivity contribution in [3.8, 4) is 0 Å². The van der Waals surface area contributed by atoms with Gasteiger partial charge in [0.2, 0.25) is 0 Å². The summed E-state index contributed by atoms with van der Waals surface area (Å²) in [6, 6.07) is 20.8. The molecule has 2 N–H and O–H groups in total. The summed E-state index contributed by atoms with van der Waals surface area (Å²) in [7, 11) is 2.08. The van der Waals surface area contributed by atoms with Gasteiger partial charge in [0.15, 0.2) is 6.29 Å². The van der Waals surface area contributed by atoms with Gasteiger partial charge in [0.1, 0.15) is 0 Å². The van der Waals surface area contributed by atoms with Gasteiger partial charge >= 0.3 is 0 Å². The summed E-state index contributed by atoms with van der Waals surface area (Å²) < 4.78 is 10.9. The van der Waals surface area contributed by atoms with Crippen LogP contribution < -0.4 is 5.32 Å². The number of rotatable bonds is 9. The van der Waals surface area contributed by atoms with E-state index in [2.05, 4.69) is 29.2 Å². The number of pyridine rings is 1. The number of likely N-dealkylation sites (N-methyl/N-ethyl adjacent to an activating group) is 1. The first-order chi connectivity index (χ1) is 18.6. The van der Waals surface area contributed by atoms with E-state index in [1.165, 1.54) is 0 Å². The smallest absolute Gasteiger partial charge is 0.276 e. The average molecular weight is 593 g/mol. The van der Waals surface area contributed by atoms with Crippen LogP contribution in [0, 0.1) is 5.92 Å². The molecule has 4 atom stereocenters. The number of anilines is 1. The first kappa shape index (κ1) is 29.7. The Balaban J connectivity index is 1.51. The third-order valence-corrected chi connectivity index (χ3v) is 7.30. The molecular weight excluding hydrogens is 561 g/mol. The number of carbonyl (C=O) groups excluding carboxylic acids is 1. The number of alkyl halides is 3. The van der Waals surface area contributed by atoms with Crippen LogP contribution in [0.4, 0.5) is 5.69 Å². The van der Waals surface area contributed by atoms with Crippen molar-refractivity contribution in [2.45, 2.75) is 42.2 Å². The molecule has 0 bridgehead atoms. The molecule has 2 aromatic carbocycles. The van der Waals surface area contributed by atoms with E-state index in [1.807, 2.05) is 60.8 Å². The number of amides is 1. The molecule has 3 aromatic rings. The normalized spacial score (nSPS) is 21.6. The van der Waals surface area contributed by atoms with Gasteiger partial charge < -0.3 is 24.8 Å². The lowest BCUT2D eigenvalue weighted by Gasteiger charge is -2.42. The minimum absolute atomic E-state index is 0.0159. The van der Waals surface area contributed by atoms with Crippen molar-refractivity contribution in [3.05, 3.63) is 95.3 Å². The Morgan fingerprint density at radius 1 is 1.03 bits per heavy atom. The SMILES string of the molecule is CC1C(CN(C)CCc2ccccn2)OC(c2ccc(NC(=O)C(Cl)(Cl)Cl)cc2)OC1c1ccc(CO)cc1. The average Bonchev–Trinajstić information content (AvgIpc) is 2.93. The Bertz CT molecular complexity index is 1210. The van der Waals surface area contributed by atoms with E-state index >= 15 is 0 Å². The van der Waals surface area contributed by atoms with Crippen molar-refractivity contribution in [2.24, 2.45) is 5.92 Å². The topological polar surface area (TPSA) is 83.9 Å². The van der Waals surface area contributed by atoms with Crippen molar-refractivity contribution < 1.29 is 19.4 Å². The number of carbonyl (C=O) groups is 1. The van der Waals surface area contributed by atoms with E-state index in [1.54, 1.807) is 12.1 Å². The Hall–Kier alpha value is -2.23. The molecule has 1 fully saturated rings. The second kappa shape index (κ2) is 13.4. The maximum atomic E-state index is 12.0. The molecule has 1 aliphatic rings. The maximum absolute atomic E-state index is 12.0. The van der Waals surface area contributed by atoms with Gasteiger partial charge in [-0.2, -0.15) is 0 Å². The van der Waals surface area contributed by atoms with Gasteiger partial charge in [-0.25, -0.2) is 0 Å². The zero-order valence-electron chi connectivity index (χ0n) is 21.8. The molecule has 208 valence electrons. The van der Waals surface area contributed by atoms with Crippen molar-refractivity contribution >= 4 is 46.4 Å². The van der Waals surface area contributed by atoms with Crippen LogP contribution in [-0.4, -0.2) is 50.9 Å². The summed E-state index contributed by atoms with van der Waals surface area (Å²) in [6.45, 7) is 3.66. The van der Waals surface area contributed by atoms with Crippen LogP contribution in [0.25, 0.3) is 0 Å². The summed E-state index contributed by atoms with van der Waals surface area (Å²) in [5.74, 6) is -0.680. The largest absolute Gasteiger partial charge is 0.392 e. The van der Waals surface area contributed by atoms with Gasteiger partial charge in [-0.1, -0.05) is 84.2 Å². The number of hydrogen-bond acceptors (Lipinski definition) is 6. The highest BCUT2D eigenvalue weighted by Gasteiger charge is 2.39. The Kier molecular flexibility index (Phi) is 10.2. The van der Waals surface area contributed by atoms with Crippen LogP contribution in [0.3, 0.4) is 0 Å². The van der Waals surface area contributed by atoms with Crippen LogP contribution in [0.15, 0.2) is 72.9 Å². The number of ether oxygens (including phenoxy) is 2. The zero-order chi connectivity index (χ0) is 28.0. The fourth-order valence-corrected chi connectivity index (χ4v) is 4.65. The molecule has 4 rings (SSSR count). The summed E-state index contributed by atoms with van der Waals surface area (Å²) in [5, 5.41) is 12.0. The van der Waals surface area contributed by atoms with Gasteiger partial charge in [-0.3, -0.25) is 9.78 Å². The second-order valence-corrected chi connectivity index (χ2v) is 12.0. The molecule has 7 nitrogen and oxygen atoms in total. The Morgan fingerprint density at radius 2 is 1.72 bits per heavy atom. The number of aromatic nitrogens is 1. The lowest BCUT2D eigenvalue weighted by Crippen LogP contribution is -2.43. The number of benzene rings is 2. The van der Waals surface area contributed by atoms with Crippen LogP contribution in [-0.2, 0) is 27.3 Å². The third kappa shape index (κ3) is 8.14. The van der Waals surface area contributed by atoms with Crippen LogP contribution in [0.1, 0.15) is 41.7 Å². The van der Waals surface area contributed by atoms with Crippen molar-refractivity contribution in [2.75, 3.05) is 25.5 Å². The quantitative estimate of drug-likeness (QED) is 0.304. The maximum Gasteiger partial charge on any atom is 0.276 e. The Morgan fingerprint density at radius 3 is 2.33 bits per heavy atom. The molecule has 39 heavy (non-hydrogen) atoms. The van der Waals surface area contributed by atoms with E-state index in [0.717, 1.165) is 35.3 Å². The van der Waals surface area contributed by atoms with E-state index in [-0.39, 0.29) is 24.7 Å². The summed E-state index contributed by atoms with van der Waals surface area (Å²) >= 11 is 17.0. The molecular formula is C29H32Cl3N3O4. The van der Waals surface area contributed by atoms with Gasteiger partial charge in [-0.15, -0.1) is 0 Å². The van der Waals surface area contributed by atoms with Gasteiger partial charge in [-0.05, 0) is 42.4 Å². The monoisotopic (exact) mass is 591 g/mol. The molecule has 0 aliphatic carbocycles. The Labute approximate surface area is 244 Å². The lowest BCUT2D eigenvalue weighted by atomic mass is 9.90. The van der Waals surface area contributed by atoms with Gasteiger partial charge in [0.25, 0.3) is 9.70 Å². The molecule has 1 saturated heterocycles. The van der Waals surface area contributed by atoms with Crippen molar-refractivity contribution in [1.82, 2.24) is 9.88 Å². The van der Waals surface area contributed by atoms with Crippen LogP contribution in [0.2, 0.25) is 0 Å². The van der Waals surface area contributed by atoms with Gasteiger partial charge in [0.05, 0.1) is 18.8 Å². The van der Waals surface area contributed by atoms with E-state index in [0.29, 0.717) is 12.2 Å². The number of aliphatic hydroxyl groups excluding tert-OH is 1. The minimum atomic E-state index is -2.06. The molecule has 1 amide bonds. The number of aliphatic hydroxyl groups is 1. The number of nitrogens with one attached hydrogen (secondary N) is 1. The predicted octanol–water partition coefficient (Wildman–Crippen LogP) is 5.85. The molecule has 0 saturated carbocycles. The molecule has 1 aromatic heterocycles. The van der Waals surface area contributed by atoms with E-state index in [9.17, 15) is 9.90 Å². The molecule has 0 radical (unpaired) electrons. The van der Waals surface area contributed by atoms with Crippen molar-refractivity contribution in [3.63, 3.8) is 0 Å². The number of hydrogen-bond donors (Lipinski definition) is 2. The highest BCUT2D eigenvalue weighted by Crippen LogP contribution is 2.42. The summed E-state index contributed by atoms with van der Waals surface area (Å²) in [5.41, 5.74) is 4.19. The van der Waals surface area contributed by atoms with Crippen LogP contribution in [0.5, 0.6) is 0 Å². The fraction of sp³-hybridized carbons (Fsp3) is 0.379. The number of nitrogens with zero attached hydrogens (tertiary/aromatic N) is 2. The van der Waals surface area contributed by atoms with Crippen molar-refractivity contribution in [1.29, 1.82) is 0 Å². The number of halogens is 3. The molecule has 10 heteroatoms. The first-order valence-corrected chi connectivity index (χ1v) is 13.8. The predicted molar refractivity (Wildman–Crippen MR) is 154 cm³/mol. The first-order valence-electron chi connectivity index (χ1n) is 12.7. The summed E-state index contributed by atoms with van der Waals surface area (Å²) in [6.07, 6.45) is 1.67. The standard InChI is InChI=1S/C29H32Cl3N3O4/c1-19-25(17-35(2)16-14-23-5-3-4-15-33-23)38-27(39-26(19)21-8-6-20(18-36)7-9-21)22-10-12-24(13-11-22)34-28(37)29(30,31)32/h3-13,15,19,25-27,36H,14,16-18H2,1-2H3,(H,34,37). The molecule has 1 aliphatic heterocycles. The zero-order valence-corrected chi connectivity index (χ0v) is 24.0. The highest BCUT2D eigenvalue weighted by molar-refractivity contribution is 6.76. The van der Waals surface area contributed by atoms with Crippen LogP contribution >= 0.6 is 34.8 Å². The second-order valence-electron chi connectivity index (χ2n) is 9.73. The molecule has 2 heterocycles. The third-order valence-electron chi connectivity index (χ3n) is 6.79. The van der Waals surface area contributed by atoms with Gasteiger partial charge in [0, 0.05) is 48.6 Å². The molecule has 0 spiro atoms. The lowest BCUT2D eigenvalue weighted by molar-refractivity contribution is -0.275. The molecule has 4 unspecified atom stereocenters.